The van der Waals surface area contributed by atoms with Crippen LogP contribution in [-0.4, -0.2) is 22.6 Å². The fourth-order valence-corrected chi connectivity index (χ4v) is 2.57. The molecule has 0 saturated carbocycles. The van der Waals surface area contributed by atoms with Gasteiger partial charge in [-0.2, -0.15) is 0 Å². The van der Waals surface area contributed by atoms with Gasteiger partial charge in [-0.1, -0.05) is 5.57 Å². The monoisotopic (exact) mass is 228 g/mol. The van der Waals surface area contributed by atoms with Gasteiger partial charge < -0.3 is 4.74 Å². The largest absolute Gasteiger partial charge is 0.463 e. The lowest BCUT2D eigenvalue weighted by molar-refractivity contribution is -0.137. The van der Waals surface area contributed by atoms with Crippen LogP contribution in [0.5, 0.6) is 0 Å². The molecule has 1 saturated heterocycles. The summed E-state index contributed by atoms with van der Waals surface area (Å²) in [6.07, 6.45) is 3.78. The van der Waals surface area contributed by atoms with Crippen molar-refractivity contribution in [3.63, 3.8) is 0 Å². The zero-order valence-electron chi connectivity index (χ0n) is 10.0. The van der Waals surface area contributed by atoms with Gasteiger partial charge in [0.1, 0.15) is 0 Å². The smallest absolute Gasteiger partial charge is 0.330 e. The van der Waals surface area contributed by atoms with Gasteiger partial charge in [0.15, 0.2) is 0 Å². The first-order chi connectivity index (χ1) is 6.95. The summed E-state index contributed by atoms with van der Waals surface area (Å²) < 4.78 is 5.32. The van der Waals surface area contributed by atoms with Gasteiger partial charge in [0.2, 0.25) is 0 Å². The van der Waals surface area contributed by atoms with Crippen molar-refractivity contribution >= 4 is 17.7 Å². The summed E-state index contributed by atoms with van der Waals surface area (Å²) in [5, 5.41) is 0.767. The van der Waals surface area contributed by atoms with Crippen LogP contribution in [0.4, 0.5) is 0 Å². The Labute approximate surface area is 96.5 Å². The summed E-state index contributed by atoms with van der Waals surface area (Å²) in [7, 11) is 0. The maximum absolute atomic E-state index is 11.1. The molecule has 2 nitrogen and oxygen atoms in total. The van der Waals surface area contributed by atoms with E-state index in [0.29, 0.717) is 11.4 Å². The number of carbonyl (C=O) groups is 1. The standard InChI is InChI=1S/C12H20O2S/c1-5-14-11(13)8-9(2)6-7-10-12(3,4)15-10/h8,10H,5-7H2,1-4H3. The van der Waals surface area contributed by atoms with Gasteiger partial charge in [-0.15, -0.1) is 11.8 Å². The summed E-state index contributed by atoms with van der Waals surface area (Å²) in [6.45, 7) is 8.81. The van der Waals surface area contributed by atoms with E-state index in [1.807, 2.05) is 25.6 Å². The van der Waals surface area contributed by atoms with Crippen LogP contribution < -0.4 is 0 Å². The molecule has 0 aromatic rings. The van der Waals surface area contributed by atoms with Crippen LogP contribution in [0.15, 0.2) is 11.6 Å². The molecule has 0 amide bonds. The summed E-state index contributed by atoms with van der Waals surface area (Å²) in [6, 6.07) is 0. The van der Waals surface area contributed by atoms with Crippen LogP contribution in [-0.2, 0) is 9.53 Å². The first kappa shape index (κ1) is 12.6. The minimum Gasteiger partial charge on any atom is -0.463 e. The van der Waals surface area contributed by atoms with Crippen molar-refractivity contribution in [2.24, 2.45) is 0 Å². The van der Waals surface area contributed by atoms with E-state index in [1.165, 1.54) is 6.42 Å². The van der Waals surface area contributed by atoms with E-state index in [1.54, 1.807) is 6.08 Å². The fourth-order valence-electron chi connectivity index (χ4n) is 1.56. The third kappa shape index (κ3) is 4.29. The average molecular weight is 228 g/mol. The summed E-state index contributed by atoms with van der Waals surface area (Å²) in [5.74, 6) is -0.210. The number of esters is 1. The molecular weight excluding hydrogens is 208 g/mol. The number of allylic oxidation sites excluding steroid dienone is 1. The van der Waals surface area contributed by atoms with Crippen molar-refractivity contribution in [2.75, 3.05) is 6.61 Å². The van der Waals surface area contributed by atoms with E-state index in [-0.39, 0.29) is 5.97 Å². The molecule has 3 heteroatoms. The van der Waals surface area contributed by atoms with E-state index in [9.17, 15) is 4.79 Å². The Hall–Kier alpha value is -0.440. The zero-order valence-corrected chi connectivity index (χ0v) is 10.8. The molecule has 0 aliphatic carbocycles. The van der Waals surface area contributed by atoms with Gasteiger partial charge in [-0.3, -0.25) is 0 Å². The van der Waals surface area contributed by atoms with Crippen LogP contribution in [0.25, 0.3) is 0 Å². The van der Waals surface area contributed by atoms with Gasteiger partial charge in [0.05, 0.1) is 6.61 Å². The molecule has 1 atom stereocenters. The van der Waals surface area contributed by atoms with Gasteiger partial charge in [0.25, 0.3) is 0 Å². The maximum Gasteiger partial charge on any atom is 0.330 e. The molecule has 0 spiro atoms. The zero-order chi connectivity index (χ0) is 11.5. The molecule has 0 radical (unpaired) electrons. The Morgan fingerprint density at radius 3 is 2.60 bits per heavy atom. The van der Waals surface area contributed by atoms with Crippen LogP contribution in [0.2, 0.25) is 0 Å². The second kappa shape index (κ2) is 5.06. The Morgan fingerprint density at radius 1 is 1.53 bits per heavy atom. The number of ether oxygens (including phenoxy) is 1. The number of carbonyl (C=O) groups excluding carboxylic acids is 1. The molecular formula is C12H20O2S. The highest BCUT2D eigenvalue weighted by Gasteiger charge is 2.45. The lowest BCUT2D eigenvalue weighted by atomic mass is 10.0. The van der Waals surface area contributed by atoms with Crippen LogP contribution in [0, 0.1) is 0 Å². The third-order valence-electron chi connectivity index (χ3n) is 2.62. The first-order valence-electron chi connectivity index (χ1n) is 5.47. The molecule has 0 N–H and O–H groups in total. The highest BCUT2D eigenvalue weighted by atomic mass is 32.2. The highest BCUT2D eigenvalue weighted by molar-refractivity contribution is 8.08. The second-order valence-electron chi connectivity index (χ2n) is 4.49. The van der Waals surface area contributed by atoms with Crippen LogP contribution in [0.3, 0.4) is 0 Å². The minimum absolute atomic E-state index is 0.210. The van der Waals surface area contributed by atoms with E-state index < -0.39 is 0 Å². The van der Waals surface area contributed by atoms with Gasteiger partial charge in [0, 0.05) is 16.1 Å². The second-order valence-corrected chi connectivity index (χ2v) is 6.35. The molecule has 0 aromatic heterocycles. The maximum atomic E-state index is 11.1. The molecule has 1 aliphatic rings. The molecule has 1 heterocycles. The fraction of sp³-hybridized carbons (Fsp3) is 0.750. The van der Waals surface area contributed by atoms with Crippen molar-refractivity contribution in [3.05, 3.63) is 11.6 Å². The van der Waals surface area contributed by atoms with E-state index in [4.69, 9.17) is 4.74 Å². The molecule has 0 aromatic carbocycles. The Morgan fingerprint density at radius 2 is 2.13 bits per heavy atom. The van der Waals surface area contributed by atoms with Crippen LogP contribution >= 0.6 is 11.8 Å². The SMILES string of the molecule is CCOC(=O)C=C(C)CCC1SC1(C)C. The highest BCUT2D eigenvalue weighted by Crippen LogP contribution is 2.55. The average Bonchev–Trinajstić information content (AvgIpc) is 2.71. The lowest BCUT2D eigenvalue weighted by Gasteiger charge is -2.02. The normalized spacial score (nSPS) is 23.7. The molecule has 1 unspecified atom stereocenters. The molecule has 86 valence electrons. The van der Waals surface area contributed by atoms with E-state index in [2.05, 4.69) is 13.8 Å². The Bertz CT molecular complexity index is 269. The Balaban J connectivity index is 2.24. The summed E-state index contributed by atoms with van der Waals surface area (Å²) >= 11 is 2.02. The van der Waals surface area contributed by atoms with Crippen molar-refractivity contribution in [3.8, 4) is 0 Å². The van der Waals surface area contributed by atoms with Gasteiger partial charge >= 0.3 is 5.97 Å². The lowest BCUT2D eigenvalue weighted by Crippen LogP contribution is -2.04. The van der Waals surface area contributed by atoms with Crippen molar-refractivity contribution in [1.82, 2.24) is 0 Å². The summed E-state index contributed by atoms with van der Waals surface area (Å²) in [4.78, 5) is 11.1. The topological polar surface area (TPSA) is 26.3 Å². The van der Waals surface area contributed by atoms with E-state index >= 15 is 0 Å². The van der Waals surface area contributed by atoms with Gasteiger partial charge in [-0.05, 0) is 40.5 Å². The summed E-state index contributed by atoms with van der Waals surface area (Å²) in [5.41, 5.74) is 1.12. The van der Waals surface area contributed by atoms with E-state index in [0.717, 1.165) is 17.2 Å². The molecule has 1 fully saturated rings. The van der Waals surface area contributed by atoms with Crippen molar-refractivity contribution in [2.45, 2.75) is 50.5 Å². The number of hydrogen-bond donors (Lipinski definition) is 0. The molecule has 1 rings (SSSR count). The molecule has 15 heavy (non-hydrogen) atoms. The third-order valence-corrected chi connectivity index (χ3v) is 4.36. The predicted molar refractivity (Wildman–Crippen MR) is 65.1 cm³/mol. The van der Waals surface area contributed by atoms with Gasteiger partial charge in [-0.25, -0.2) is 4.79 Å². The van der Waals surface area contributed by atoms with Crippen molar-refractivity contribution < 1.29 is 9.53 Å². The Kier molecular flexibility index (Phi) is 4.26. The minimum atomic E-state index is -0.210. The molecule has 1 aliphatic heterocycles. The number of rotatable bonds is 5. The van der Waals surface area contributed by atoms with Crippen LogP contribution in [0.1, 0.15) is 40.5 Å². The first-order valence-corrected chi connectivity index (χ1v) is 6.35. The quantitative estimate of drug-likeness (QED) is 0.411. The number of thioether (sulfide) groups is 1. The molecule has 0 bridgehead atoms. The number of hydrogen-bond acceptors (Lipinski definition) is 3. The van der Waals surface area contributed by atoms with Crippen molar-refractivity contribution in [1.29, 1.82) is 0 Å². The predicted octanol–water partition coefficient (Wildman–Crippen LogP) is 3.17.